The quantitative estimate of drug-likeness (QED) is 0.925. The van der Waals surface area contributed by atoms with Gasteiger partial charge in [-0.1, -0.05) is 33.6 Å². The molecule has 1 heterocycles. The highest BCUT2D eigenvalue weighted by molar-refractivity contribution is 9.10. The molecule has 1 aromatic heterocycles. The van der Waals surface area contributed by atoms with Crippen LogP contribution in [0.3, 0.4) is 0 Å². The predicted octanol–water partition coefficient (Wildman–Crippen LogP) is 2.69. The first-order valence-corrected chi connectivity index (χ1v) is 7.39. The van der Waals surface area contributed by atoms with E-state index < -0.39 is 10.0 Å². The van der Waals surface area contributed by atoms with E-state index in [9.17, 15) is 8.42 Å². The lowest BCUT2D eigenvalue weighted by Crippen LogP contribution is -2.14. The van der Waals surface area contributed by atoms with Gasteiger partial charge in [-0.15, -0.1) is 0 Å². The molecule has 1 N–H and O–H groups in total. The number of benzene rings is 1. The summed E-state index contributed by atoms with van der Waals surface area (Å²) in [5.41, 5.74) is 0. The summed E-state index contributed by atoms with van der Waals surface area (Å²) in [6.07, 6.45) is 2.63. The standard InChI is InChI=1S/C10H7BrClN3O2S/c11-7-2-1-3-9(4-7)18(16,17)15-10-13-5-8(12)6-14-10/h1-6H,(H,13,14,15). The van der Waals surface area contributed by atoms with E-state index in [1.165, 1.54) is 24.5 Å². The van der Waals surface area contributed by atoms with Gasteiger partial charge >= 0.3 is 0 Å². The van der Waals surface area contributed by atoms with E-state index in [2.05, 4.69) is 30.6 Å². The second-order valence-corrected chi connectivity index (χ2v) is 6.32. The Morgan fingerprint density at radius 1 is 1.22 bits per heavy atom. The Labute approximate surface area is 117 Å². The summed E-state index contributed by atoms with van der Waals surface area (Å²) in [5, 5.41) is 0.334. The average molecular weight is 349 g/mol. The maximum absolute atomic E-state index is 12.0. The molecular formula is C10H7BrClN3O2S. The molecule has 0 radical (unpaired) electrons. The fraction of sp³-hybridized carbons (Fsp3) is 0. The van der Waals surface area contributed by atoms with Crippen molar-refractivity contribution in [1.29, 1.82) is 0 Å². The Bertz CT molecular complexity index is 661. The Morgan fingerprint density at radius 3 is 2.50 bits per heavy atom. The van der Waals surface area contributed by atoms with E-state index in [4.69, 9.17) is 11.6 Å². The fourth-order valence-electron chi connectivity index (χ4n) is 1.18. The number of halogens is 2. The minimum atomic E-state index is -3.70. The first kappa shape index (κ1) is 13.3. The molecule has 0 saturated heterocycles. The molecule has 2 aromatic rings. The summed E-state index contributed by atoms with van der Waals surface area (Å²) >= 11 is 8.82. The zero-order chi connectivity index (χ0) is 13.2. The van der Waals surface area contributed by atoms with Gasteiger partial charge in [0.1, 0.15) is 0 Å². The van der Waals surface area contributed by atoms with E-state index >= 15 is 0 Å². The molecule has 1 aromatic carbocycles. The van der Waals surface area contributed by atoms with Crippen molar-refractivity contribution in [3.8, 4) is 0 Å². The largest absolute Gasteiger partial charge is 0.264 e. The van der Waals surface area contributed by atoms with Crippen LogP contribution in [0.5, 0.6) is 0 Å². The van der Waals surface area contributed by atoms with Gasteiger partial charge in [-0.05, 0) is 18.2 Å². The molecule has 0 unspecified atom stereocenters. The van der Waals surface area contributed by atoms with Crippen LogP contribution < -0.4 is 4.72 Å². The molecule has 0 atom stereocenters. The number of anilines is 1. The highest BCUT2D eigenvalue weighted by Crippen LogP contribution is 2.18. The summed E-state index contributed by atoms with van der Waals surface area (Å²) in [7, 11) is -3.70. The Kier molecular flexibility index (Phi) is 3.84. The van der Waals surface area contributed by atoms with Crippen LogP contribution in [0.1, 0.15) is 0 Å². The van der Waals surface area contributed by atoms with Gasteiger partial charge < -0.3 is 0 Å². The molecule has 0 bridgehead atoms. The lowest BCUT2D eigenvalue weighted by Gasteiger charge is -2.06. The Balaban J connectivity index is 2.30. The molecular weight excluding hydrogens is 342 g/mol. The minimum absolute atomic E-state index is 0.0284. The predicted molar refractivity (Wildman–Crippen MR) is 72.0 cm³/mol. The Morgan fingerprint density at radius 2 is 1.89 bits per heavy atom. The SMILES string of the molecule is O=S(=O)(Nc1ncc(Cl)cn1)c1cccc(Br)c1. The molecule has 0 spiro atoms. The van der Waals surface area contributed by atoms with E-state index in [1.54, 1.807) is 12.1 Å². The van der Waals surface area contributed by atoms with Gasteiger partial charge in [-0.25, -0.2) is 23.1 Å². The van der Waals surface area contributed by atoms with Crippen molar-refractivity contribution in [3.05, 3.63) is 46.2 Å². The zero-order valence-electron chi connectivity index (χ0n) is 8.84. The van der Waals surface area contributed by atoms with Crippen molar-refractivity contribution in [2.24, 2.45) is 0 Å². The molecule has 0 fully saturated rings. The third kappa shape index (κ3) is 3.18. The van der Waals surface area contributed by atoms with Crippen molar-refractivity contribution >= 4 is 43.5 Å². The summed E-state index contributed by atoms with van der Waals surface area (Å²) in [6, 6.07) is 6.32. The molecule has 0 aliphatic rings. The van der Waals surface area contributed by atoms with Gasteiger partial charge in [0.05, 0.1) is 22.3 Å². The van der Waals surface area contributed by atoms with Crippen molar-refractivity contribution in [2.75, 3.05) is 4.72 Å². The summed E-state index contributed by atoms with van der Waals surface area (Å²) in [5.74, 6) is -0.0284. The second kappa shape index (κ2) is 5.21. The van der Waals surface area contributed by atoms with Crippen LogP contribution in [0.15, 0.2) is 46.0 Å². The number of nitrogens with one attached hydrogen (secondary N) is 1. The van der Waals surface area contributed by atoms with Crippen LogP contribution in [-0.2, 0) is 10.0 Å². The fourth-order valence-corrected chi connectivity index (χ4v) is 2.83. The van der Waals surface area contributed by atoms with Crippen molar-refractivity contribution < 1.29 is 8.42 Å². The lowest BCUT2D eigenvalue weighted by molar-refractivity contribution is 0.600. The average Bonchev–Trinajstić information content (AvgIpc) is 2.32. The number of nitrogens with zero attached hydrogens (tertiary/aromatic N) is 2. The van der Waals surface area contributed by atoms with Gasteiger partial charge in [0.2, 0.25) is 5.95 Å². The zero-order valence-corrected chi connectivity index (χ0v) is 12.0. The first-order chi connectivity index (χ1) is 8.47. The van der Waals surface area contributed by atoms with Gasteiger partial charge in [-0.3, -0.25) is 0 Å². The van der Waals surface area contributed by atoms with Crippen molar-refractivity contribution in [1.82, 2.24) is 9.97 Å². The summed E-state index contributed by atoms with van der Waals surface area (Å²) < 4.78 is 26.9. The van der Waals surface area contributed by atoms with Crippen molar-refractivity contribution in [2.45, 2.75) is 4.90 Å². The van der Waals surface area contributed by atoms with Gasteiger partial charge in [0, 0.05) is 4.47 Å². The summed E-state index contributed by atoms with van der Waals surface area (Å²) in [4.78, 5) is 7.65. The van der Waals surface area contributed by atoms with E-state index in [0.717, 1.165) is 0 Å². The van der Waals surface area contributed by atoms with E-state index in [-0.39, 0.29) is 10.8 Å². The number of hydrogen-bond donors (Lipinski definition) is 1. The highest BCUT2D eigenvalue weighted by Gasteiger charge is 2.15. The van der Waals surface area contributed by atoms with E-state index in [0.29, 0.717) is 9.50 Å². The molecule has 0 aliphatic carbocycles. The third-order valence-corrected chi connectivity index (χ3v) is 3.97. The van der Waals surface area contributed by atoms with Crippen LogP contribution in [-0.4, -0.2) is 18.4 Å². The molecule has 2 rings (SSSR count). The molecule has 18 heavy (non-hydrogen) atoms. The minimum Gasteiger partial charge on any atom is -0.247 e. The molecule has 5 nitrogen and oxygen atoms in total. The first-order valence-electron chi connectivity index (χ1n) is 4.73. The number of hydrogen-bond acceptors (Lipinski definition) is 4. The van der Waals surface area contributed by atoms with E-state index in [1.807, 2.05) is 0 Å². The van der Waals surface area contributed by atoms with Crippen molar-refractivity contribution in [3.63, 3.8) is 0 Å². The maximum Gasteiger partial charge on any atom is 0.264 e. The molecule has 8 heteroatoms. The van der Waals surface area contributed by atoms with Gasteiger partial charge in [0.25, 0.3) is 10.0 Å². The van der Waals surface area contributed by atoms with Crippen LogP contribution in [0, 0.1) is 0 Å². The van der Waals surface area contributed by atoms with Crippen LogP contribution in [0.2, 0.25) is 5.02 Å². The third-order valence-electron chi connectivity index (χ3n) is 1.95. The number of rotatable bonds is 3. The van der Waals surface area contributed by atoms with Gasteiger partial charge in [-0.2, -0.15) is 0 Å². The number of sulfonamides is 1. The van der Waals surface area contributed by atoms with Gasteiger partial charge in [0.15, 0.2) is 0 Å². The normalized spacial score (nSPS) is 11.2. The molecule has 0 amide bonds. The highest BCUT2D eigenvalue weighted by atomic mass is 79.9. The second-order valence-electron chi connectivity index (χ2n) is 3.29. The monoisotopic (exact) mass is 347 g/mol. The summed E-state index contributed by atoms with van der Waals surface area (Å²) in [6.45, 7) is 0. The molecule has 0 saturated carbocycles. The lowest BCUT2D eigenvalue weighted by atomic mass is 10.4. The topological polar surface area (TPSA) is 72.0 Å². The Hall–Kier alpha value is -1.18. The maximum atomic E-state index is 12.0. The van der Waals surface area contributed by atoms with Crippen LogP contribution in [0.4, 0.5) is 5.95 Å². The molecule has 94 valence electrons. The molecule has 0 aliphatic heterocycles. The smallest absolute Gasteiger partial charge is 0.247 e. The number of aromatic nitrogens is 2. The van der Waals surface area contributed by atoms with Crippen LogP contribution >= 0.6 is 27.5 Å². The van der Waals surface area contributed by atoms with Crippen LogP contribution in [0.25, 0.3) is 0 Å².